The van der Waals surface area contributed by atoms with Crippen molar-refractivity contribution in [2.24, 2.45) is 0 Å². The molecule has 1 amide bonds. The fourth-order valence-corrected chi connectivity index (χ4v) is 4.89. The number of amides is 1. The predicted molar refractivity (Wildman–Crippen MR) is 161 cm³/mol. The lowest BCUT2D eigenvalue weighted by atomic mass is 10.1. The summed E-state index contributed by atoms with van der Waals surface area (Å²) in [6.45, 7) is 7.88. The van der Waals surface area contributed by atoms with Gasteiger partial charge in [-0.05, 0) is 56.1 Å². The Balaban J connectivity index is 0.000000714. The molecule has 12 heteroatoms. The minimum atomic E-state index is -0.454. The third kappa shape index (κ3) is 7.74. The van der Waals surface area contributed by atoms with Crippen LogP contribution in [0.15, 0.2) is 47.1 Å². The SMILES string of the molecule is CCCNC.CCCOc1ccc(F)c2nc(NC(=O)CCNc3nccc4ccc(-c5noc(C)n5)cc34)sc12. The molecule has 3 N–H and O–H groups in total. The van der Waals surface area contributed by atoms with Crippen LogP contribution < -0.4 is 20.7 Å². The highest BCUT2D eigenvalue weighted by atomic mass is 32.1. The van der Waals surface area contributed by atoms with Gasteiger partial charge in [0, 0.05) is 37.0 Å². The molecule has 0 spiro atoms. The number of benzene rings is 2. The number of nitrogens with one attached hydrogen (secondary N) is 3. The minimum absolute atomic E-state index is 0.166. The Morgan fingerprint density at radius 3 is 2.66 bits per heavy atom. The van der Waals surface area contributed by atoms with Crippen LogP contribution in [0.4, 0.5) is 15.3 Å². The van der Waals surface area contributed by atoms with Gasteiger partial charge in [-0.25, -0.2) is 14.4 Å². The van der Waals surface area contributed by atoms with Gasteiger partial charge in [-0.1, -0.05) is 42.5 Å². The number of ether oxygens (including phenoxy) is 1. The fourth-order valence-electron chi connectivity index (χ4n) is 3.92. The molecule has 0 atom stereocenters. The Kier molecular flexibility index (Phi) is 10.5. The molecular formula is C29H34FN7O3S. The van der Waals surface area contributed by atoms with E-state index in [4.69, 9.17) is 9.26 Å². The molecule has 0 unspecified atom stereocenters. The van der Waals surface area contributed by atoms with E-state index >= 15 is 0 Å². The van der Waals surface area contributed by atoms with Gasteiger partial charge in [0.05, 0.1) is 6.61 Å². The molecule has 5 aromatic rings. The zero-order valence-corrected chi connectivity index (χ0v) is 24.4. The van der Waals surface area contributed by atoms with Gasteiger partial charge in [-0.3, -0.25) is 4.79 Å². The molecule has 0 saturated carbocycles. The third-order valence-corrected chi connectivity index (χ3v) is 6.85. The Hall–Kier alpha value is -4.16. The Labute approximate surface area is 241 Å². The highest BCUT2D eigenvalue weighted by Gasteiger charge is 2.15. The quantitative estimate of drug-likeness (QED) is 0.168. The molecule has 10 nitrogen and oxygen atoms in total. The first-order chi connectivity index (χ1) is 19.9. The van der Waals surface area contributed by atoms with Crippen molar-refractivity contribution < 1.29 is 18.4 Å². The van der Waals surface area contributed by atoms with E-state index in [9.17, 15) is 9.18 Å². The maximum Gasteiger partial charge on any atom is 0.227 e. The summed E-state index contributed by atoms with van der Waals surface area (Å²) in [6.07, 6.45) is 3.94. The number of nitrogens with zero attached hydrogens (tertiary/aromatic N) is 4. The first-order valence-electron chi connectivity index (χ1n) is 13.5. The number of aryl methyl sites for hydroxylation is 1. The number of fused-ring (bicyclic) bond motifs is 2. The van der Waals surface area contributed by atoms with Gasteiger partial charge in [-0.15, -0.1) is 0 Å². The molecule has 0 aliphatic heterocycles. The molecule has 0 bridgehead atoms. The zero-order valence-electron chi connectivity index (χ0n) is 23.6. The number of pyridine rings is 1. The minimum Gasteiger partial charge on any atom is -0.492 e. The van der Waals surface area contributed by atoms with Crippen molar-refractivity contribution in [2.75, 3.05) is 37.4 Å². The van der Waals surface area contributed by atoms with Crippen LogP contribution in [0, 0.1) is 12.7 Å². The lowest BCUT2D eigenvalue weighted by molar-refractivity contribution is -0.115. The number of carbonyl (C=O) groups is 1. The monoisotopic (exact) mass is 579 g/mol. The normalized spacial score (nSPS) is 10.9. The Bertz CT molecular complexity index is 1600. The van der Waals surface area contributed by atoms with E-state index in [0.717, 1.165) is 29.3 Å². The Morgan fingerprint density at radius 1 is 1.10 bits per heavy atom. The molecule has 5 rings (SSSR count). The molecule has 216 valence electrons. The van der Waals surface area contributed by atoms with Crippen LogP contribution in [-0.4, -0.2) is 52.8 Å². The number of halogens is 1. The van der Waals surface area contributed by atoms with Crippen LogP contribution in [0.2, 0.25) is 0 Å². The number of anilines is 2. The topological polar surface area (TPSA) is 127 Å². The van der Waals surface area contributed by atoms with E-state index in [0.29, 0.717) is 46.3 Å². The number of hydrogen-bond acceptors (Lipinski definition) is 10. The van der Waals surface area contributed by atoms with Crippen molar-refractivity contribution in [1.82, 2.24) is 25.4 Å². The van der Waals surface area contributed by atoms with Crippen LogP contribution >= 0.6 is 11.3 Å². The second-order valence-electron chi connectivity index (χ2n) is 9.15. The van der Waals surface area contributed by atoms with E-state index in [2.05, 4.69) is 43.0 Å². The summed E-state index contributed by atoms with van der Waals surface area (Å²) >= 11 is 1.19. The van der Waals surface area contributed by atoms with E-state index in [1.54, 1.807) is 19.2 Å². The lowest BCUT2D eigenvalue weighted by Gasteiger charge is -2.09. The van der Waals surface area contributed by atoms with Gasteiger partial charge in [-0.2, -0.15) is 4.98 Å². The van der Waals surface area contributed by atoms with Crippen molar-refractivity contribution in [3.05, 3.63) is 54.3 Å². The average molecular weight is 580 g/mol. The van der Waals surface area contributed by atoms with Gasteiger partial charge >= 0.3 is 0 Å². The van der Waals surface area contributed by atoms with Crippen molar-refractivity contribution in [2.45, 2.75) is 40.0 Å². The summed E-state index contributed by atoms with van der Waals surface area (Å²) < 4.78 is 25.6. The summed E-state index contributed by atoms with van der Waals surface area (Å²) in [5.74, 6) is 1.48. The first kappa shape index (κ1) is 29.8. The standard InChI is InChI=1S/C25H23FN6O3S.C4H11N/c1-3-12-34-19-7-6-18(26)21-22(19)36-25(31-21)30-20(33)9-11-28-24-17-13-16(23-29-14(2)35-32-23)5-4-15(17)8-10-27-24;1-3-4-5-2/h4-8,10,13H,3,9,11-12H2,1-2H3,(H,27,28)(H,30,31,33);5H,3-4H2,1-2H3. The lowest BCUT2D eigenvalue weighted by Crippen LogP contribution is -2.16. The third-order valence-electron chi connectivity index (χ3n) is 5.86. The largest absolute Gasteiger partial charge is 0.492 e. The molecular weight excluding hydrogens is 545 g/mol. The maximum absolute atomic E-state index is 14.2. The Morgan fingerprint density at radius 2 is 1.95 bits per heavy atom. The van der Waals surface area contributed by atoms with Crippen LogP contribution in [0.3, 0.4) is 0 Å². The summed E-state index contributed by atoms with van der Waals surface area (Å²) in [7, 11) is 1.96. The maximum atomic E-state index is 14.2. The van der Waals surface area contributed by atoms with E-state index < -0.39 is 5.82 Å². The summed E-state index contributed by atoms with van der Waals surface area (Å²) in [4.78, 5) is 25.5. The summed E-state index contributed by atoms with van der Waals surface area (Å²) in [5.41, 5.74) is 0.994. The van der Waals surface area contributed by atoms with E-state index in [-0.39, 0.29) is 17.8 Å². The van der Waals surface area contributed by atoms with Crippen LogP contribution in [0.1, 0.15) is 39.0 Å². The van der Waals surface area contributed by atoms with Gasteiger partial charge in [0.2, 0.25) is 17.6 Å². The highest BCUT2D eigenvalue weighted by molar-refractivity contribution is 7.22. The predicted octanol–water partition coefficient (Wildman–Crippen LogP) is 6.19. The average Bonchev–Trinajstić information content (AvgIpc) is 3.60. The molecule has 0 aliphatic rings. The number of aromatic nitrogens is 4. The number of rotatable bonds is 11. The second kappa shape index (κ2) is 14.5. The van der Waals surface area contributed by atoms with Crippen molar-refractivity contribution in [3.63, 3.8) is 0 Å². The van der Waals surface area contributed by atoms with Crippen molar-refractivity contribution in [3.8, 4) is 17.1 Å². The summed E-state index contributed by atoms with van der Waals surface area (Å²) in [5, 5.41) is 15.2. The number of carbonyl (C=O) groups excluding carboxylic acids is 1. The highest BCUT2D eigenvalue weighted by Crippen LogP contribution is 2.35. The van der Waals surface area contributed by atoms with Gasteiger partial charge in [0.1, 0.15) is 21.8 Å². The molecule has 3 aromatic heterocycles. The van der Waals surface area contributed by atoms with Gasteiger partial charge in [0.25, 0.3) is 0 Å². The molecule has 0 aliphatic carbocycles. The molecule has 0 fully saturated rings. The first-order valence-corrected chi connectivity index (χ1v) is 14.3. The molecule has 0 radical (unpaired) electrons. The van der Waals surface area contributed by atoms with Crippen LogP contribution in [-0.2, 0) is 4.79 Å². The van der Waals surface area contributed by atoms with Crippen LogP contribution in [0.5, 0.6) is 5.75 Å². The van der Waals surface area contributed by atoms with Crippen LogP contribution in [0.25, 0.3) is 32.4 Å². The molecule has 3 heterocycles. The van der Waals surface area contributed by atoms with Gasteiger partial charge in [0.15, 0.2) is 10.9 Å². The van der Waals surface area contributed by atoms with Gasteiger partial charge < -0.3 is 25.2 Å². The fraction of sp³-hybridized carbons (Fsp3) is 0.345. The smallest absolute Gasteiger partial charge is 0.227 e. The van der Waals surface area contributed by atoms with Crippen molar-refractivity contribution in [1.29, 1.82) is 0 Å². The number of thiazole rings is 1. The second-order valence-corrected chi connectivity index (χ2v) is 10.2. The summed E-state index contributed by atoms with van der Waals surface area (Å²) in [6, 6.07) is 10.6. The molecule has 2 aromatic carbocycles. The molecule has 0 saturated heterocycles. The van der Waals surface area contributed by atoms with E-state index in [1.807, 2.05) is 38.2 Å². The molecule has 41 heavy (non-hydrogen) atoms. The van der Waals surface area contributed by atoms with E-state index in [1.165, 1.54) is 23.8 Å². The van der Waals surface area contributed by atoms with Crippen molar-refractivity contribution >= 4 is 49.2 Å². The number of hydrogen-bond donors (Lipinski definition) is 3. The zero-order chi connectivity index (χ0) is 29.2.